The molecule has 3 rings (SSSR count). The highest BCUT2D eigenvalue weighted by Gasteiger charge is 2.17. The van der Waals surface area contributed by atoms with Crippen LogP contribution in [-0.4, -0.2) is 22.4 Å². The van der Waals surface area contributed by atoms with Crippen molar-refractivity contribution >= 4 is 11.7 Å². The van der Waals surface area contributed by atoms with Crippen molar-refractivity contribution in [3.05, 3.63) is 53.5 Å². The van der Waals surface area contributed by atoms with Gasteiger partial charge in [0, 0.05) is 31.9 Å². The van der Waals surface area contributed by atoms with Gasteiger partial charge in [-0.15, -0.1) is 0 Å². The summed E-state index contributed by atoms with van der Waals surface area (Å²) in [6.07, 6.45) is 4.35. The Morgan fingerprint density at radius 2 is 2.26 bits per heavy atom. The number of carbonyl (C=O) groups excluding carboxylic acids is 1. The first-order valence-electron chi connectivity index (χ1n) is 6.24. The van der Waals surface area contributed by atoms with Crippen molar-refractivity contribution in [1.29, 1.82) is 0 Å². The van der Waals surface area contributed by atoms with Crippen molar-refractivity contribution < 1.29 is 4.79 Å². The van der Waals surface area contributed by atoms with Gasteiger partial charge in [0.25, 0.3) is 5.91 Å². The Morgan fingerprint density at radius 3 is 3.11 bits per heavy atom. The number of pyridine rings is 2. The molecule has 5 heteroatoms. The first-order valence-corrected chi connectivity index (χ1v) is 6.24. The Balaban J connectivity index is 1.74. The molecule has 3 heterocycles. The fourth-order valence-electron chi connectivity index (χ4n) is 2.08. The van der Waals surface area contributed by atoms with E-state index in [0.717, 1.165) is 23.5 Å². The number of nitrogens with one attached hydrogen (secondary N) is 2. The number of fused-ring (bicyclic) bond motifs is 1. The number of hydrogen-bond acceptors (Lipinski definition) is 4. The van der Waals surface area contributed by atoms with Gasteiger partial charge in [-0.1, -0.05) is 6.07 Å². The molecule has 0 spiro atoms. The van der Waals surface area contributed by atoms with Crippen molar-refractivity contribution in [2.45, 2.75) is 13.0 Å². The van der Waals surface area contributed by atoms with E-state index in [9.17, 15) is 4.79 Å². The van der Waals surface area contributed by atoms with Crippen LogP contribution in [0.25, 0.3) is 0 Å². The van der Waals surface area contributed by atoms with Gasteiger partial charge in [0.2, 0.25) is 0 Å². The summed E-state index contributed by atoms with van der Waals surface area (Å²) in [6, 6.07) is 7.57. The second kappa shape index (κ2) is 5.06. The highest BCUT2D eigenvalue weighted by atomic mass is 16.1. The first kappa shape index (κ1) is 11.6. The molecule has 0 unspecified atom stereocenters. The summed E-state index contributed by atoms with van der Waals surface area (Å²) in [7, 11) is 0. The Labute approximate surface area is 111 Å². The van der Waals surface area contributed by atoms with Gasteiger partial charge in [0.15, 0.2) is 0 Å². The van der Waals surface area contributed by atoms with Crippen LogP contribution in [0, 0.1) is 0 Å². The molecule has 1 amide bonds. The van der Waals surface area contributed by atoms with Crippen LogP contribution in [0.2, 0.25) is 0 Å². The van der Waals surface area contributed by atoms with Crippen molar-refractivity contribution in [2.75, 3.05) is 11.9 Å². The second-order valence-electron chi connectivity index (χ2n) is 4.41. The third-order valence-electron chi connectivity index (χ3n) is 3.06. The quantitative estimate of drug-likeness (QED) is 0.868. The number of hydrogen-bond donors (Lipinski definition) is 2. The molecule has 2 N–H and O–H groups in total. The molecule has 0 radical (unpaired) electrons. The highest BCUT2D eigenvalue weighted by Crippen LogP contribution is 2.15. The van der Waals surface area contributed by atoms with E-state index in [1.165, 1.54) is 0 Å². The topological polar surface area (TPSA) is 66.9 Å². The third kappa shape index (κ3) is 2.54. The lowest BCUT2D eigenvalue weighted by atomic mass is 10.1. The van der Waals surface area contributed by atoms with Crippen molar-refractivity contribution in [2.24, 2.45) is 0 Å². The van der Waals surface area contributed by atoms with E-state index < -0.39 is 0 Å². The van der Waals surface area contributed by atoms with Gasteiger partial charge in [-0.2, -0.15) is 0 Å². The summed E-state index contributed by atoms with van der Waals surface area (Å²) in [5, 5.41) is 6.05. The van der Waals surface area contributed by atoms with Gasteiger partial charge in [0.05, 0.1) is 11.3 Å². The minimum absolute atomic E-state index is 0.0347. The Kier molecular flexibility index (Phi) is 3.10. The molecule has 0 aliphatic carbocycles. The SMILES string of the molecule is O=C1NCCc2nc(NCc3cccnc3)ccc21. The molecule has 0 atom stereocenters. The predicted octanol–water partition coefficient (Wildman–Crippen LogP) is 1.37. The van der Waals surface area contributed by atoms with Crippen LogP contribution in [0.5, 0.6) is 0 Å². The van der Waals surface area contributed by atoms with E-state index in [1.54, 1.807) is 6.20 Å². The Bertz CT molecular complexity index is 598. The molecule has 0 fully saturated rings. The summed E-state index contributed by atoms with van der Waals surface area (Å²) < 4.78 is 0. The van der Waals surface area contributed by atoms with E-state index in [0.29, 0.717) is 18.7 Å². The number of aromatic nitrogens is 2. The normalized spacial score (nSPS) is 13.6. The zero-order valence-corrected chi connectivity index (χ0v) is 10.4. The molecule has 1 aliphatic rings. The Morgan fingerprint density at radius 1 is 1.32 bits per heavy atom. The molecule has 96 valence electrons. The highest BCUT2D eigenvalue weighted by molar-refractivity contribution is 5.96. The lowest BCUT2D eigenvalue weighted by molar-refractivity contribution is 0.0945. The molecular formula is C14H14N4O. The average Bonchev–Trinajstić information content (AvgIpc) is 2.46. The van der Waals surface area contributed by atoms with E-state index in [4.69, 9.17) is 0 Å². The fourth-order valence-corrected chi connectivity index (χ4v) is 2.08. The Hall–Kier alpha value is -2.43. The van der Waals surface area contributed by atoms with Crippen molar-refractivity contribution in [1.82, 2.24) is 15.3 Å². The zero-order chi connectivity index (χ0) is 13.1. The third-order valence-corrected chi connectivity index (χ3v) is 3.06. The maximum absolute atomic E-state index is 11.6. The molecule has 0 saturated heterocycles. The minimum Gasteiger partial charge on any atom is -0.366 e. The van der Waals surface area contributed by atoms with E-state index in [2.05, 4.69) is 20.6 Å². The number of anilines is 1. The molecule has 1 aliphatic heterocycles. The van der Waals surface area contributed by atoms with Crippen LogP contribution in [0.3, 0.4) is 0 Å². The van der Waals surface area contributed by atoms with Gasteiger partial charge in [0.1, 0.15) is 5.82 Å². The molecule has 2 aromatic heterocycles. The van der Waals surface area contributed by atoms with Crippen LogP contribution in [0.15, 0.2) is 36.7 Å². The summed E-state index contributed by atoms with van der Waals surface area (Å²) in [4.78, 5) is 20.1. The maximum atomic E-state index is 11.6. The molecule has 2 aromatic rings. The van der Waals surface area contributed by atoms with Gasteiger partial charge in [-0.05, 0) is 23.8 Å². The van der Waals surface area contributed by atoms with Gasteiger partial charge < -0.3 is 10.6 Å². The number of nitrogens with zero attached hydrogens (tertiary/aromatic N) is 2. The van der Waals surface area contributed by atoms with Gasteiger partial charge in [-0.3, -0.25) is 9.78 Å². The standard InChI is InChI=1S/C14H14N4O/c19-14-11-3-4-13(18-12(11)5-7-16-14)17-9-10-2-1-6-15-8-10/h1-4,6,8H,5,7,9H2,(H,16,19)(H,17,18). The smallest absolute Gasteiger partial charge is 0.253 e. The molecule has 5 nitrogen and oxygen atoms in total. The molecule has 0 bridgehead atoms. The lowest BCUT2D eigenvalue weighted by Crippen LogP contribution is -2.32. The van der Waals surface area contributed by atoms with E-state index in [1.807, 2.05) is 30.5 Å². The monoisotopic (exact) mass is 254 g/mol. The van der Waals surface area contributed by atoms with E-state index in [-0.39, 0.29) is 5.91 Å². The van der Waals surface area contributed by atoms with E-state index >= 15 is 0 Å². The van der Waals surface area contributed by atoms with Crippen LogP contribution < -0.4 is 10.6 Å². The number of rotatable bonds is 3. The minimum atomic E-state index is -0.0347. The van der Waals surface area contributed by atoms with Gasteiger partial charge in [-0.25, -0.2) is 4.98 Å². The number of amides is 1. The summed E-state index contributed by atoms with van der Waals surface area (Å²) in [6.45, 7) is 1.33. The number of carbonyl (C=O) groups is 1. The molecule has 0 saturated carbocycles. The maximum Gasteiger partial charge on any atom is 0.253 e. The van der Waals surface area contributed by atoms with Crippen LogP contribution >= 0.6 is 0 Å². The average molecular weight is 254 g/mol. The summed E-state index contributed by atoms with van der Waals surface area (Å²) >= 11 is 0. The molecule has 0 aromatic carbocycles. The van der Waals surface area contributed by atoms with Crippen LogP contribution in [0.1, 0.15) is 21.6 Å². The van der Waals surface area contributed by atoms with Crippen molar-refractivity contribution in [3.63, 3.8) is 0 Å². The van der Waals surface area contributed by atoms with Crippen LogP contribution in [-0.2, 0) is 13.0 Å². The van der Waals surface area contributed by atoms with Crippen LogP contribution in [0.4, 0.5) is 5.82 Å². The largest absolute Gasteiger partial charge is 0.366 e. The molecular weight excluding hydrogens is 240 g/mol. The molecule has 19 heavy (non-hydrogen) atoms. The van der Waals surface area contributed by atoms with Crippen molar-refractivity contribution in [3.8, 4) is 0 Å². The predicted molar refractivity (Wildman–Crippen MR) is 71.8 cm³/mol. The second-order valence-corrected chi connectivity index (χ2v) is 4.41. The van der Waals surface area contributed by atoms with Gasteiger partial charge >= 0.3 is 0 Å². The summed E-state index contributed by atoms with van der Waals surface area (Å²) in [5.41, 5.74) is 2.64. The lowest BCUT2D eigenvalue weighted by Gasteiger charge is -2.16. The zero-order valence-electron chi connectivity index (χ0n) is 10.4. The first-order chi connectivity index (χ1) is 9.33. The fraction of sp³-hybridized carbons (Fsp3) is 0.214. The summed E-state index contributed by atoms with van der Waals surface area (Å²) in [5.74, 6) is 0.755.